The molecule has 0 fully saturated rings. The predicted octanol–water partition coefficient (Wildman–Crippen LogP) is 0.309. The molecular weight excluding hydrogens is 260 g/mol. The molecule has 0 spiro atoms. The molecule has 1 unspecified atom stereocenters. The first-order valence-electron chi connectivity index (χ1n) is 6.49. The quantitative estimate of drug-likeness (QED) is 0.639. The summed E-state index contributed by atoms with van der Waals surface area (Å²) in [6.45, 7) is 2.64. The lowest BCUT2D eigenvalue weighted by Crippen LogP contribution is -2.34. The molecule has 0 bridgehead atoms. The third-order valence-corrected chi connectivity index (χ3v) is 2.62. The predicted molar refractivity (Wildman–Crippen MR) is 76.8 cm³/mol. The van der Waals surface area contributed by atoms with Gasteiger partial charge in [-0.25, -0.2) is 0 Å². The summed E-state index contributed by atoms with van der Waals surface area (Å²) in [6, 6.07) is 6.94. The van der Waals surface area contributed by atoms with Gasteiger partial charge in [0, 0.05) is 25.7 Å². The minimum Gasteiger partial charge on any atom is -0.491 e. The van der Waals surface area contributed by atoms with Crippen molar-refractivity contribution in [3.63, 3.8) is 0 Å². The lowest BCUT2D eigenvalue weighted by atomic mass is 10.3. The lowest BCUT2D eigenvalue weighted by Gasteiger charge is -2.19. The Kier molecular flexibility index (Phi) is 7.00. The maximum atomic E-state index is 10.9. The third kappa shape index (κ3) is 6.51. The van der Waals surface area contributed by atoms with Crippen molar-refractivity contribution in [2.45, 2.75) is 13.0 Å². The van der Waals surface area contributed by atoms with Gasteiger partial charge in [-0.15, -0.1) is 0 Å². The molecule has 0 saturated heterocycles. The summed E-state index contributed by atoms with van der Waals surface area (Å²) in [7, 11) is 1.82. The molecule has 0 aliphatic rings. The van der Waals surface area contributed by atoms with Gasteiger partial charge >= 0.3 is 0 Å². The van der Waals surface area contributed by atoms with E-state index in [4.69, 9.17) is 9.84 Å². The van der Waals surface area contributed by atoms with E-state index in [-0.39, 0.29) is 19.1 Å². The fourth-order valence-electron chi connectivity index (χ4n) is 1.70. The van der Waals surface area contributed by atoms with Crippen molar-refractivity contribution in [2.75, 3.05) is 38.7 Å². The zero-order valence-corrected chi connectivity index (χ0v) is 11.9. The lowest BCUT2D eigenvalue weighted by molar-refractivity contribution is -0.114. The highest BCUT2D eigenvalue weighted by atomic mass is 16.5. The summed E-state index contributed by atoms with van der Waals surface area (Å²) < 4.78 is 5.45. The van der Waals surface area contributed by atoms with Gasteiger partial charge in [0.05, 0.1) is 6.61 Å². The van der Waals surface area contributed by atoms with Crippen LogP contribution in [0.2, 0.25) is 0 Å². The average Bonchev–Trinajstić information content (AvgIpc) is 2.37. The molecule has 1 aromatic carbocycles. The zero-order valence-electron chi connectivity index (χ0n) is 11.9. The molecule has 0 aliphatic carbocycles. The van der Waals surface area contributed by atoms with E-state index >= 15 is 0 Å². The van der Waals surface area contributed by atoms with Crippen LogP contribution in [-0.2, 0) is 4.79 Å². The minimum atomic E-state index is -0.624. The Morgan fingerprint density at radius 1 is 1.40 bits per heavy atom. The molecule has 1 rings (SSSR count). The van der Waals surface area contributed by atoms with Gasteiger partial charge in [-0.05, 0) is 31.3 Å². The number of nitrogens with zero attached hydrogens (tertiary/aromatic N) is 1. The van der Waals surface area contributed by atoms with Gasteiger partial charge in [0.1, 0.15) is 18.5 Å². The molecule has 3 N–H and O–H groups in total. The van der Waals surface area contributed by atoms with Crippen molar-refractivity contribution >= 4 is 11.6 Å². The van der Waals surface area contributed by atoms with Gasteiger partial charge in [-0.1, -0.05) is 0 Å². The van der Waals surface area contributed by atoms with E-state index in [1.165, 1.54) is 6.92 Å². The van der Waals surface area contributed by atoms with Crippen LogP contribution in [0.15, 0.2) is 24.3 Å². The van der Waals surface area contributed by atoms with Crippen LogP contribution >= 0.6 is 0 Å². The van der Waals surface area contributed by atoms with E-state index in [0.29, 0.717) is 24.5 Å². The monoisotopic (exact) mass is 282 g/mol. The van der Waals surface area contributed by atoms with E-state index in [9.17, 15) is 9.90 Å². The summed E-state index contributed by atoms with van der Waals surface area (Å²) in [4.78, 5) is 12.7. The first-order valence-corrected chi connectivity index (χ1v) is 6.49. The van der Waals surface area contributed by atoms with Crippen molar-refractivity contribution in [3.8, 4) is 5.75 Å². The summed E-state index contributed by atoms with van der Waals surface area (Å²) in [5.41, 5.74) is 0.702. The summed E-state index contributed by atoms with van der Waals surface area (Å²) in [5, 5.41) is 21.2. The SMILES string of the molecule is CC(=O)Nc1ccc(OCC(O)CN(C)CCO)cc1. The normalized spacial score (nSPS) is 12.2. The molecule has 0 saturated carbocycles. The molecule has 1 amide bonds. The van der Waals surface area contributed by atoms with Crippen LogP contribution in [0, 0.1) is 0 Å². The van der Waals surface area contributed by atoms with Gasteiger partial charge in [-0.3, -0.25) is 4.79 Å². The van der Waals surface area contributed by atoms with Crippen molar-refractivity contribution in [3.05, 3.63) is 24.3 Å². The molecule has 0 aliphatic heterocycles. The number of hydrogen-bond acceptors (Lipinski definition) is 5. The number of carbonyl (C=O) groups excluding carboxylic acids is 1. The molecular formula is C14H22N2O4. The van der Waals surface area contributed by atoms with E-state index < -0.39 is 6.10 Å². The minimum absolute atomic E-state index is 0.0642. The number of benzene rings is 1. The first kappa shape index (κ1) is 16.4. The van der Waals surface area contributed by atoms with E-state index in [2.05, 4.69) is 5.32 Å². The molecule has 6 heteroatoms. The van der Waals surface area contributed by atoms with Crippen LogP contribution in [-0.4, -0.2) is 60.5 Å². The molecule has 20 heavy (non-hydrogen) atoms. The number of ether oxygens (including phenoxy) is 1. The van der Waals surface area contributed by atoms with Crippen LogP contribution in [0.25, 0.3) is 0 Å². The Morgan fingerprint density at radius 2 is 2.05 bits per heavy atom. The fourth-order valence-corrected chi connectivity index (χ4v) is 1.70. The Labute approximate surface area is 119 Å². The topological polar surface area (TPSA) is 82.0 Å². The Hall–Kier alpha value is -1.63. The van der Waals surface area contributed by atoms with Crippen molar-refractivity contribution in [2.24, 2.45) is 0 Å². The Bertz CT molecular complexity index is 408. The summed E-state index contributed by atoms with van der Waals surface area (Å²) in [5.74, 6) is 0.504. The molecule has 0 aromatic heterocycles. The number of carbonyl (C=O) groups is 1. The number of hydrogen-bond donors (Lipinski definition) is 3. The number of likely N-dealkylation sites (N-methyl/N-ethyl adjacent to an activating group) is 1. The average molecular weight is 282 g/mol. The zero-order chi connectivity index (χ0) is 15.0. The summed E-state index contributed by atoms with van der Waals surface area (Å²) in [6.07, 6.45) is -0.624. The number of nitrogens with one attached hydrogen (secondary N) is 1. The number of anilines is 1. The highest BCUT2D eigenvalue weighted by Crippen LogP contribution is 2.15. The molecule has 6 nitrogen and oxygen atoms in total. The number of aliphatic hydroxyl groups excluding tert-OH is 2. The molecule has 0 heterocycles. The highest BCUT2D eigenvalue weighted by Gasteiger charge is 2.08. The Balaban J connectivity index is 2.35. The third-order valence-electron chi connectivity index (χ3n) is 2.62. The van der Waals surface area contributed by atoms with Crippen molar-refractivity contribution in [1.82, 2.24) is 4.90 Å². The van der Waals surface area contributed by atoms with Crippen molar-refractivity contribution < 1.29 is 19.7 Å². The molecule has 112 valence electrons. The van der Waals surface area contributed by atoms with E-state index in [1.807, 2.05) is 11.9 Å². The van der Waals surface area contributed by atoms with Crippen LogP contribution < -0.4 is 10.1 Å². The van der Waals surface area contributed by atoms with Gasteiger partial charge in [-0.2, -0.15) is 0 Å². The van der Waals surface area contributed by atoms with Crippen molar-refractivity contribution in [1.29, 1.82) is 0 Å². The second-order valence-electron chi connectivity index (χ2n) is 4.66. The van der Waals surface area contributed by atoms with E-state index in [0.717, 1.165) is 0 Å². The van der Waals surface area contributed by atoms with Gasteiger partial charge in [0.25, 0.3) is 0 Å². The van der Waals surface area contributed by atoms with Gasteiger partial charge < -0.3 is 25.2 Å². The second kappa shape index (κ2) is 8.52. The maximum Gasteiger partial charge on any atom is 0.221 e. The summed E-state index contributed by atoms with van der Waals surface area (Å²) >= 11 is 0. The van der Waals surface area contributed by atoms with E-state index in [1.54, 1.807) is 24.3 Å². The van der Waals surface area contributed by atoms with Gasteiger partial charge in [0.2, 0.25) is 5.91 Å². The standard InChI is InChI=1S/C14H22N2O4/c1-11(18)15-12-3-5-14(6-4-12)20-10-13(19)9-16(2)7-8-17/h3-6,13,17,19H,7-10H2,1-2H3,(H,15,18). The highest BCUT2D eigenvalue weighted by molar-refractivity contribution is 5.88. The second-order valence-corrected chi connectivity index (χ2v) is 4.66. The maximum absolute atomic E-state index is 10.9. The van der Waals surface area contributed by atoms with Crippen LogP contribution in [0.1, 0.15) is 6.92 Å². The van der Waals surface area contributed by atoms with Crippen LogP contribution in [0.4, 0.5) is 5.69 Å². The number of amides is 1. The van der Waals surface area contributed by atoms with Crippen LogP contribution in [0.3, 0.4) is 0 Å². The largest absolute Gasteiger partial charge is 0.491 e. The van der Waals surface area contributed by atoms with Crippen LogP contribution in [0.5, 0.6) is 5.75 Å². The Morgan fingerprint density at radius 3 is 2.60 bits per heavy atom. The number of rotatable bonds is 8. The number of aliphatic hydroxyl groups is 2. The molecule has 1 aromatic rings. The molecule has 1 atom stereocenters. The fraction of sp³-hybridized carbons (Fsp3) is 0.500. The molecule has 0 radical (unpaired) electrons. The smallest absolute Gasteiger partial charge is 0.221 e. The van der Waals surface area contributed by atoms with Gasteiger partial charge in [0.15, 0.2) is 0 Å². The first-order chi connectivity index (χ1) is 9.51.